The third kappa shape index (κ3) is 2.76. The SMILES string of the molecule is CCn1c(-c2ccc([N+](=O)[O-])cc2C)nnc1S(N)(=O)=O. The molecule has 0 atom stereocenters. The number of aromatic nitrogens is 3. The first-order valence-corrected chi connectivity index (χ1v) is 7.51. The van der Waals surface area contributed by atoms with E-state index in [4.69, 9.17) is 5.14 Å². The number of nitrogens with two attached hydrogens (primary N) is 1. The predicted molar refractivity (Wildman–Crippen MR) is 73.9 cm³/mol. The molecule has 0 spiro atoms. The molecule has 0 aliphatic rings. The van der Waals surface area contributed by atoms with E-state index >= 15 is 0 Å². The Balaban J connectivity index is 2.63. The lowest BCUT2D eigenvalue weighted by atomic mass is 10.1. The van der Waals surface area contributed by atoms with E-state index < -0.39 is 14.9 Å². The van der Waals surface area contributed by atoms with E-state index in [2.05, 4.69) is 10.2 Å². The van der Waals surface area contributed by atoms with Crippen LogP contribution in [0, 0.1) is 17.0 Å². The molecule has 1 aromatic heterocycles. The first-order valence-electron chi connectivity index (χ1n) is 5.97. The van der Waals surface area contributed by atoms with Gasteiger partial charge in [-0.1, -0.05) is 0 Å². The van der Waals surface area contributed by atoms with Crippen LogP contribution < -0.4 is 5.14 Å². The molecule has 2 aromatic rings. The topological polar surface area (TPSA) is 134 Å². The van der Waals surface area contributed by atoms with Crippen LogP contribution in [0.3, 0.4) is 0 Å². The molecule has 0 aliphatic carbocycles. The van der Waals surface area contributed by atoms with Crippen LogP contribution in [0.5, 0.6) is 0 Å². The quantitative estimate of drug-likeness (QED) is 0.656. The molecule has 0 amide bonds. The van der Waals surface area contributed by atoms with Crippen LogP contribution in [-0.2, 0) is 16.6 Å². The molecule has 1 aromatic carbocycles. The molecule has 2 rings (SSSR count). The average molecular weight is 311 g/mol. The van der Waals surface area contributed by atoms with Gasteiger partial charge in [-0.3, -0.25) is 14.7 Å². The van der Waals surface area contributed by atoms with Crippen LogP contribution in [0.4, 0.5) is 5.69 Å². The molecule has 9 nitrogen and oxygen atoms in total. The Hall–Kier alpha value is -2.33. The fraction of sp³-hybridized carbons (Fsp3) is 0.273. The standard InChI is InChI=1S/C11H13N5O4S/c1-3-15-10(13-14-11(15)21(12,19)20)9-5-4-8(16(17)18)6-7(9)2/h4-6H,3H2,1-2H3,(H2,12,19,20). The molecule has 10 heteroatoms. The molecule has 0 bridgehead atoms. The number of nitro groups is 1. The molecule has 112 valence electrons. The van der Waals surface area contributed by atoms with Crippen molar-refractivity contribution < 1.29 is 13.3 Å². The molecular weight excluding hydrogens is 298 g/mol. The zero-order valence-electron chi connectivity index (χ0n) is 11.3. The van der Waals surface area contributed by atoms with Gasteiger partial charge in [0.25, 0.3) is 20.9 Å². The number of rotatable bonds is 4. The Morgan fingerprint density at radius 3 is 2.52 bits per heavy atom. The van der Waals surface area contributed by atoms with E-state index in [-0.39, 0.29) is 10.8 Å². The first kappa shape index (κ1) is 15.1. The highest BCUT2D eigenvalue weighted by Gasteiger charge is 2.22. The number of hydrogen-bond donors (Lipinski definition) is 1. The van der Waals surface area contributed by atoms with Crippen LogP contribution >= 0.6 is 0 Å². The lowest BCUT2D eigenvalue weighted by Crippen LogP contribution is -2.18. The largest absolute Gasteiger partial charge is 0.297 e. The van der Waals surface area contributed by atoms with Gasteiger partial charge in [-0.2, -0.15) is 0 Å². The van der Waals surface area contributed by atoms with Gasteiger partial charge in [-0.05, 0) is 25.5 Å². The summed E-state index contributed by atoms with van der Waals surface area (Å²) in [5.41, 5.74) is 1.10. The minimum Gasteiger partial charge on any atom is -0.297 e. The van der Waals surface area contributed by atoms with Crippen LogP contribution in [0.25, 0.3) is 11.4 Å². The minimum absolute atomic E-state index is 0.0505. The molecule has 0 fully saturated rings. The lowest BCUT2D eigenvalue weighted by Gasteiger charge is -2.08. The van der Waals surface area contributed by atoms with Crippen molar-refractivity contribution in [2.75, 3.05) is 0 Å². The maximum atomic E-state index is 11.5. The molecule has 0 unspecified atom stereocenters. The molecule has 1 heterocycles. The summed E-state index contributed by atoms with van der Waals surface area (Å²) in [6.07, 6.45) is 0. The van der Waals surface area contributed by atoms with Crippen molar-refractivity contribution in [3.05, 3.63) is 33.9 Å². The number of aryl methyl sites for hydroxylation is 1. The summed E-state index contributed by atoms with van der Waals surface area (Å²) in [5.74, 6) is 0.300. The van der Waals surface area contributed by atoms with Gasteiger partial charge in [0, 0.05) is 24.2 Å². The van der Waals surface area contributed by atoms with Crippen molar-refractivity contribution in [2.24, 2.45) is 5.14 Å². The van der Waals surface area contributed by atoms with Gasteiger partial charge in [0.2, 0.25) is 0 Å². The van der Waals surface area contributed by atoms with E-state index in [1.54, 1.807) is 13.8 Å². The van der Waals surface area contributed by atoms with E-state index in [0.29, 0.717) is 23.5 Å². The summed E-state index contributed by atoms with van der Waals surface area (Å²) >= 11 is 0. The van der Waals surface area contributed by atoms with E-state index in [1.807, 2.05) is 0 Å². The van der Waals surface area contributed by atoms with Gasteiger partial charge in [0.05, 0.1) is 4.92 Å². The second kappa shape index (κ2) is 5.22. The van der Waals surface area contributed by atoms with Crippen LogP contribution in [0.1, 0.15) is 12.5 Å². The molecular formula is C11H13N5O4S. The second-order valence-corrected chi connectivity index (χ2v) is 5.81. The monoisotopic (exact) mass is 311 g/mol. The Bertz CT molecular complexity index is 812. The molecule has 0 saturated carbocycles. The van der Waals surface area contributed by atoms with Crippen molar-refractivity contribution in [2.45, 2.75) is 25.5 Å². The van der Waals surface area contributed by atoms with Crippen LogP contribution in [0.15, 0.2) is 23.4 Å². The maximum Gasteiger partial charge on any atom is 0.273 e. The van der Waals surface area contributed by atoms with Gasteiger partial charge >= 0.3 is 0 Å². The van der Waals surface area contributed by atoms with Gasteiger partial charge in [-0.25, -0.2) is 13.6 Å². The Morgan fingerprint density at radius 2 is 2.05 bits per heavy atom. The van der Waals surface area contributed by atoms with Crippen molar-refractivity contribution in [1.29, 1.82) is 0 Å². The summed E-state index contributed by atoms with van der Waals surface area (Å²) in [7, 11) is -3.99. The number of nitrogens with zero attached hydrogens (tertiary/aromatic N) is 4. The Kier molecular flexibility index (Phi) is 3.75. The zero-order chi connectivity index (χ0) is 15.8. The average Bonchev–Trinajstić information content (AvgIpc) is 2.81. The highest BCUT2D eigenvalue weighted by molar-refractivity contribution is 7.89. The number of sulfonamides is 1. The fourth-order valence-electron chi connectivity index (χ4n) is 2.00. The number of nitro benzene ring substituents is 1. The van der Waals surface area contributed by atoms with E-state index in [9.17, 15) is 18.5 Å². The lowest BCUT2D eigenvalue weighted by molar-refractivity contribution is -0.384. The maximum absolute atomic E-state index is 11.5. The number of primary sulfonamides is 1. The second-order valence-electron chi connectivity index (χ2n) is 4.35. The zero-order valence-corrected chi connectivity index (χ0v) is 12.2. The fourth-order valence-corrected chi connectivity index (χ4v) is 2.67. The van der Waals surface area contributed by atoms with Gasteiger partial charge in [0.1, 0.15) is 0 Å². The predicted octanol–water partition coefficient (Wildman–Crippen LogP) is 0.829. The minimum atomic E-state index is -3.99. The highest BCUT2D eigenvalue weighted by Crippen LogP contribution is 2.26. The summed E-state index contributed by atoms with van der Waals surface area (Å²) in [5, 5.41) is 22.9. The summed E-state index contributed by atoms with van der Waals surface area (Å²) < 4.78 is 24.3. The summed E-state index contributed by atoms with van der Waals surface area (Å²) in [6.45, 7) is 3.69. The normalized spacial score (nSPS) is 11.6. The molecule has 0 saturated heterocycles. The van der Waals surface area contributed by atoms with Crippen molar-refractivity contribution in [3.63, 3.8) is 0 Å². The van der Waals surface area contributed by atoms with E-state index in [0.717, 1.165) is 0 Å². The number of benzene rings is 1. The molecule has 2 N–H and O–H groups in total. The van der Waals surface area contributed by atoms with Crippen molar-refractivity contribution in [3.8, 4) is 11.4 Å². The molecule has 21 heavy (non-hydrogen) atoms. The molecule has 0 aliphatic heterocycles. The molecule has 0 radical (unpaired) electrons. The van der Waals surface area contributed by atoms with E-state index in [1.165, 1.54) is 22.8 Å². The summed E-state index contributed by atoms with van der Waals surface area (Å²) in [4.78, 5) is 10.2. The summed E-state index contributed by atoms with van der Waals surface area (Å²) in [6, 6.07) is 4.23. The third-order valence-corrected chi connectivity index (χ3v) is 3.76. The number of non-ortho nitro benzene ring substituents is 1. The Morgan fingerprint density at radius 1 is 1.38 bits per heavy atom. The smallest absolute Gasteiger partial charge is 0.273 e. The van der Waals surface area contributed by atoms with Crippen LogP contribution in [-0.4, -0.2) is 28.1 Å². The number of hydrogen-bond acceptors (Lipinski definition) is 6. The van der Waals surface area contributed by atoms with Crippen molar-refractivity contribution >= 4 is 15.7 Å². The van der Waals surface area contributed by atoms with Gasteiger partial charge < -0.3 is 0 Å². The third-order valence-electron chi connectivity index (χ3n) is 2.95. The van der Waals surface area contributed by atoms with Crippen LogP contribution in [0.2, 0.25) is 0 Å². The van der Waals surface area contributed by atoms with Gasteiger partial charge in [0.15, 0.2) is 5.82 Å². The highest BCUT2D eigenvalue weighted by atomic mass is 32.2. The van der Waals surface area contributed by atoms with Gasteiger partial charge in [-0.15, -0.1) is 10.2 Å². The van der Waals surface area contributed by atoms with Crippen molar-refractivity contribution in [1.82, 2.24) is 14.8 Å². The Labute approximate surface area is 120 Å². The first-order chi connectivity index (χ1) is 9.75.